The van der Waals surface area contributed by atoms with Gasteiger partial charge < -0.3 is 0 Å². The van der Waals surface area contributed by atoms with Crippen LogP contribution in [0.2, 0.25) is 0 Å². The molecule has 0 amide bonds. The number of ketones is 1. The summed E-state index contributed by atoms with van der Waals surface area (Å²) >= 11 is 0. The fraction of sp³-hybridized carbons (Fsp3) is 0.947. The maximum absolute atomic E-state index is 11.2. The molecule has 0 atom stereocenters. The molecule has 0 radical (unpaired) electrons. The van der Waals surface area contributed by atoms with Gasteiger partial charge in [-0.1, -0.05) is 71.1 Å². The topological polar surface area (TPSA) is 17.1 Å². The molecule has 2 rings (SSSR count). The lowest BCUT2D eigenvalue weighted by Crippen LogP contribution is -2.15. The number of carbonyl (C=O) groups is 1. The Morgan fingerprint density at radius 3 is 1.70 bits per heavy atom. The third-order valence-corrected chi connectivity index (χ3v) is 5.80. The average molecular weight is 278 g/mol. The summed E-state index contributed by atoms with van der Waals surface area (Å²) in [6, 6.07) is 0. The fourth-order valence-corrected chi connectivity index (χ4v) is 4.37. The Hall–Kier alpha value is -0.330. The highest BCUT2D eigenvalue weighted by Crippen LogP contribution is 2.34. The van der Waals surface area contributed by atoms with E-state index in [9.17, 15) is 4.79 Å². The van der Waals surface area contributed by atoms with Gasteiger partial charge in [-0.3, -0.25) is 4.79 Å². The zero-order valence-corrected chi connectivity index (χ0v) is 13.5. The van der Waals surface area contributed by atoms with Crippen LogP contribution in [0, 0.1) is 17.8 Å². The largest absolute Gasteiger partial charge is 0.300 e. The van der Waals surface area contributed by atoms with Crippen molar-refractivity contribution >= 4 is 5.78 Å². The maximum Gasteiger partial charge on any atom is 0.132 e. The van der Waals surface area contributed by atoms with Gasteiger partial charge in [0, 0.05) is 12.8 Å². The summed E-state index contributed by atoms with van der Waals surface area (Å²) in [4.78, 5) is 11.2. The first kappa shape index (κ1) is 16.0. The van der Waals surface area contributed by atoms with Gasteiger partial charge in [-0.2, -0.15) is 0 Å². The molecule has 116 valence electrons. The molecule has 2 saturated carbocycles. The number of rotatable bonds is 7. The molecule has 0 aromatic heterocycles. The zero-order chi connectivity index (χ0) is 14.2. The van der Waals surface area contributed by atoms with E-state index in [-0.39, 0.29) is 0 Å². The van der Waals surface area contributed by atoms with Crippen molar-refractivity contribution in [2.75, 3.05) is 0 Å². The highest BCUT2D eigenvalue weighted by Gasteiger charge is 2.21. The molecule has 0 aromatic rings. The number of carbonyl (C=O) groups excluding carboxylic acids is 1. The molecule has 1 nitrogen and oxygen atoms in total. The average Bonchev–Trinajstić information content (AvgIpc) is 2.47. The van der Waals surface area contributed by atoms with Crippen LogP contribution in [0.25, 0.3) is 0 Å². The standard InChI is InChI=1S/C19H34O/c1-2-5-16-8-10-17(11-9-16)6-3-4-7-18-12-14-19(20)15-13-18/h16-18H,2-15H2,1H3/t16-,17-. The monoisotopic (exact) mass is 278 g/mol. The second-order valence-electron chi connectivity index (χ2n) is 7.44. The van der Waals surface area contributed by atoms with E-state index in [2.05, 4.69) is 6.92 Å². The van der Waals surface area contributed by atoms with Crippen LogP contribution >= 0.6 is 0 Å². The van der Waals surface area contributed by atoms with Crippen molar-refractivity contribution in [3.63, 3.8) is 0 Å². The van der Waals surface area contributed by atoms with Gasteiger partial charge in [0.15, 0.2) is 0 Å². The molecule has 2 aliphatic rings. The first-order chi connectivity index (χ1) is 9.78. The quantitative estimate of drug-likeness (QED) is 0.529. The summed E-state index contributed by atoms with van der Waals surface area (Å²) < 4.78 is 0. The van der Waals surface area contributed by atoms with Crippen LogP contribution in [-0.4, -0.2) is 5.78 Å². The third-order valence-electron chi connectivity index (χ3n) is 5.80. The zero-order valence-electron chi connectivity index (χ0n) is 13.5. The normalized spacial score (nSPS) is 28.8. The Morgan fingerprint density at radius 2 is 1.20 bits per heavy atom. The molecule has 0 aromatic carbocycles. The van der Waals surface area contributed by atoms with E-state index >= 15 is 0 Å². The van der Waals surface area contributed by atoms with Crippen LogP contribution in [0.5, 0.6) is 0 Å². The lowest BCUT2D eigenvalue weighted by Gasteiger charge is -2.28. The Morgan fingerprint density at radius 1 is 0.750 bits per heavy atom. The molecular formula is C19H34O. The molecule has 2 aliphatic carbocycles. The van der Waals surface area contributed by atoms with Crippen LogP contribution in [0.4, 0.5) is 0 Å². The van der Waals surface area contributed by atoms with Gasteiger partial charge in [0.1, 0.15) is 5.78 Å². The second-order valence-corrected chi connectivity index (χ2v) is 7.44. The minimum atomic E-state index is 0.505. The summed E-state index contributed by atoms with van der Waals surface area (Å²) in [5, 5.41) is 0. The number of hydrogen-bond donors (Lipinski definition) is 0. The van der Waals surface area contributed by atoms with E-state index in [0.717, 1.165) is 30.6 Å². The van der Waals surface area contributed by atoms with Crippen LogP contribution < -0.4 is 0 Å². The van der Waals surface area contributed by atoms with E-state index in [1.54, 1.807) is 0 Å². The molecule has 1 heteroatoms. The summed E-state index contributed by atoms with van der Waals surface area (Å²) in [6.45, 7) is 2.32. The molecule has 0 saturated heterocycles. The van der Waals surface area contributed by atoms with Crippen LogP contribution in [0.1, 0.15) is 96.8 Å². The van der Waals surface area contributed by atoms with Crippen molar-refractivity contribution in [2.45, 2.75) is 96.8 Å². The van der Waals surface area contributed by atoms with Gasteiger partial charge in [0.25, 0.3) is 0 Å². The predicted molar refractivity (Wildman–Crippen MR) is 85.8 cm³/mol. The van der Waals surface area contributed by atoms with Crippen molar-refractivity contribution in [2.24, 2.45) is 17.8 Å². The Bertz CT molecular complexity index is 265. The number of Topliss-reactive ketones (excluding diaryl/α,β-unsaturated/α-hetero) is 1. The van der Waals surface area contributed by atoms with Crippen LogP contribution in [0.15, 0.2) is 0 Å². The molecular weight excluding hydrogens is 244 g/mol. The molecule has 2 fully saturated rings. The lowest BCUT2D eigenvalue weighted by atomic mass is 9.78. The third kappa shape index (κ3) is 5.58. The molecule has 0 aliphatic heterocycles. The SMILES string of the molecule is CCC[C@H]1CC[C@H](CCCCC2CCC(=O)CC2)CC1. The minimum Gasteiger partial charge on any atom is -0.300 e. The summed E-state index contributed by atoms with van der Waals surface area (Å²) in [5.74, 6) is 3.46. The second kappa shape index (κ2) is 8.85. The van der Waals surface area contributed by atoms with Gasteiger partial charge >= 0.3 is 0 Å². The summed E-state index contributed by atoms with van der Waals surface area (Å²) in [7, 11) is 0. The highest BCUT2D eigenvalue weighted by atomic mass is 16.1. The Kier molecular flexibility index (Phi) is 7.10. The maximum atomic E-state index is 11.2. The number of hydrogen-bond acceptors (Lipinski definition) is 1. The van der Waals surface area contributed by atoms with Crippen LogP contribution in [0.3, 0.4) is 0 Å². The van der Waals surface area contributed by atoms with Crippen molar-refractivity contribution in [3.8, 4) is 0 Å². The van der Waals surface area contributed by atoms with E-state index in [1.807, 2.05) is 0 Å². The summed E-state index contributed by atoms with van der Waals surface area (Å²) in [6.07, 6.45) is 18.7. The van der Waals surface area contributed by atoms with Gasteiger partial charge in [0.2, 0.25) is 0 Å². The van der Waals surface area contributed by atoms with Gasteiger partial charge in [-0.25, -0.2) is 0 Å². The van der Waals surface area contributed by atoms with Crippen molar-refractivity contribution < 1.29 is 4.79 Å². The highest BCUT2D eigenvalue weighted by molar-refractivity contribution is 5.78. The molecule has 0 unspecified atom stereocenters. The van der Waals surface area contributed by atoms with E-state index in [0.29, 0.717) is 5.78 Å². The van der Waals surface area contributed by atoms with E-state index < -0.39 is 0 Å². The van der Waals surface area contributed by atoms with Crippen LogP contribution in [-0.2, 0) is 4.79 Å². The van der Waals surface area contributed by atoms with Gasteiger partial charge in [-0.15, -0.1) is 0 Å². The molecule has 0 N–H and O–H groups in total. The minimum absolute atomic E-state index is 0.505. The first-order valence-corrected chi connectivity index (χ1v) is 9.29. The van der Waals surface area contributed by atoms with E-state index in [4.69, 9.17) is 0 Å². The molecule has 0 heterocycles. The molecule has 0 spiro atoms. The summed E-state index contributed by atoms with van der Waals surface area (Å²) in [5.41, 5.74) is 0. The smallest absolute Gasteiger partial charge is 0.132 e. The number of unbranched alkanes of at least 4 members (excludes halogenated alkanes) is 1. The van der Waals surface area contributed by atoms with Gasteiger partial charge in [0.05, 0.1) is 0 Å². The van der Waals surface area contributed by atoms with Gasteiger partial charge in [-0.05, 0) is 30.6 Å². The molecule has 0 bridgehead atoms. The van der Waals surface area contributed by atoms with Crippen molar-refractivity contribution in [1.82, 2.24) is 0 Å². The van der Waals surface area contributed by atoms with E-state index in [1.165, 1.54) is 77.0 Å². The predicted octanol–water partition coefficient (Wildman–Crippen LogP) is 5.91. The molecule has 20 heavy (non-hydrogen) atoms. The van der Waals surface area contributed by atoms with Crippen molar-refractivity contribution in [3.05, 3.63) is 0 Å². The first-order valence-electron chi connectivity index (χ1n) is 9.29. The van der Waals surface area contributed by atoms with Crippen molar-refractivity contribution in [1.29, 1.82) is 0 Å². The Balaban J connectivity index is 1.48. The fourth-order valence-electron chi connectivity index (χ4n) is 4.37. The lowest BCUT2D eigenvalue weighted by molar-refractivity contribution is -0.121. The Labute approximate surface area is 125 Å².